The Kier molecular flexibility index (Phi) is 7.47. The Morgan fingerprint density at radius 3 is 2.54 bits per heavy atom. The first-order valence-electron chi connectivity index (χ1n) is 12.6. The Hall–Kier alpha value is -2.90. The van der Waals surface area contributed by atoms with E-state index in [1.54, 1.807) is 18.5 Å². The number of H-pyrrole nitrogens is 1. The number of aromatic amines is 1. The molecule has 7 heteroatoms. The number of amides is 1. The lowest BCUT2D eigenvalue weighted by Gasteiger charge is -2.31. The van der Waals surface area contributed by atoms with Gasteiger partial charge in [-0.2, -0.15) is 0 Å². The monoisotopic (exact) mass is 478 g/mol. The van der Waals surface area contributed by atoms with Crippen molar-refractivity contribution in [3.8, 4) is 11.3 Å². The number of aryl methyl sites for hydroxylation is 2. The molecule has 1 amide bonds. The van der Waals surface area contributed by atoms with Gasteiger partial charge in [-0.25, -0.2) is 0 Å². The zero-order valence-electron chi connectivity index (χ0n) is 21.5. The van der Waals surface area contributed by atoms with Gasteiger partial charge in [0.2, 0.25) is 5.91 Å². The topological polar surface area (TPSA) is 90.4 Å². The molecule has 3 N–H and O–H groups in total. The van der Waals surface area contributed by atoms with Gasteiger partial charge in [0.15, 0.2) is 0 Å². The lowest BCUT2D eigenvalue weighted by molar-refractivity contribution is -0.122. The van der Waals surface area contributed by atoms with Gasteiger partial charge >= 0.3 is 0 Å². The van der Waals surface area contributed by atoms with Crippen LogP contribution in [-0.4, -0.2) is 57.7 Å². The molecule has 1 fully saturated rings. The molecule has 35 heavy (non-hydrogen) atoms. The average molecular weight is 479 g/mol. The van der Waals surface area contributed by atoms with Gasteiger partial charge in [-0.05, 0) is 80.9 Å². The van der Waals surface area contributed by atoms with Crippen LogP contribution in [0.15, 0.2) is 35.3 Å². The summed E-state index contributed by atoms with van der Waals surface area (Å²) in [5.74, 6) is 0.767. The van der Waals surface area contributed by atoms with Gasteiger partial charge in [0.25, 0.3) is 5.56 Å². The summed E-state index contributed by atoms with van der Waals surface area (Å²) in [5.41, 5.74) is 6.64. The molecule has 1 aliphatic rings. The number of carbonyl (C=O) groups excluding carboxylic acids is 1. The lowest BCUT2D eigenvalue weighted by atomic mass is 9.87. The summed E-state index contributed by atoms with van der Waals surface area (Å²) < 4.78 is 1.66. The first kappa shape index (κ1) is 25.2. The number of carbonyl (C=O) groups is 1. The zero-order chi connectivity index (χ0) is 25.3. The van der Waals surface area contributed by atoms with Crippen LogP contribution in [0.25, 0.3) is 22.2 Å². The highest BCUT2D eigenvalue weighted by molar-refractivity contribution is 5.92. The molecule has 3 aromatic rings. The molecule has 1 aromatic carbocycles. The Bertz CT molecular complexity index is 1240. The number of hydrogen-bond donors (Lipinski definition) is 3. The molecule has 2 aromatic heterocycles. The van der Waals surface area contributed by atoms with Gasteiger partial charge in [-0.15, -0.1) is 0 Å². The van der Waals surface area contributed by atoms with E-state index in [4.69, 9.17) is 0 Å². The molecule has 1 aliphatic heterocycles. The number of rotatable bonds is 7. The average Bonchev–Trinajstić information content (AvgIpc) is 3.20. The van der Waals surface area contributed by atoms with E-state index in [1.807, 2.05) is 19.2 Å². The van der Waals surface area contributed by atoms with Crippen LogP contribution in [0.2, 0.25) is 0 Å². The van der Waals surface area contributed by atoms with E-state index in [9.17, 15) is 14.7 Å². The van der Waals surface area contributed by atoms with Crippen LogP contribution in [-0.2, 0) is 11.8 Å². The van der Waals surface area contributed by atoms with Crippen LogP contribution in [0.1, 0.15) is 62.1 Å². The van der Waals surface area contributed by atoms with Crippen molar-refractivity contribution in [2.45, 2.75) is 58.5 Å². The second kappa shape index (κ2) is 10.4. The van der Waals surface area contributed by atoms with Crippen molar-refractivity contribution < 1.29 is 9.90 Å². The normalized spacial score (nSPS) is 16.2. The van der Waals surface area contributed by atoms with Crippen molar-refractivity contribution in [2.75, 3.05) is 26.2 Å². The van der Waals surface area contributed by atoms with Crippen molar-refractivity contribution >= 4 is 16.8 Å². The van der Waals surface area contributed by atoms with Gasteiger partial charge in [-0.3, -0.25) is 14.5 Å². The van der Waals surface area contributed by atoms with Crippen LogP contribution >= 0.6 is 0 Å². The van der Waals surface area contributed by atoms with Crippen molar-refractivity contribution in [3.05, 3.63) is 57.5 Å². The Morgan fingerprint density at radius 1 is 1.20 bits per heavy atom. The second-order valence-corrected chi connectivity index (χ2v) is 10.4. The SMILES string of the molecule is Cc1cc(-c2[nH]c3ccc(C4CCN(CC(=O)NCC(C)O)CC4)cc3c2C(C)C)cn(C)c1=O. The van der Waals surface area contributed by atoms with Gasteiger partial charge in [0, 0.05) is 41.8 Å². The van der Waals surface area contributed by atoms with E-state index in [2.05, 4.69) is 47.2 Å². The Morgan fingerprint density at radius 2 is 1.91 bits per heavy atom. The molecule has 0 radical (unpaired) electrons. The molecule has 1 unspecified atom stereocenters. The molecule has 4 rings (SSSR count). The number of piperidine rings is 1. The standard InChI is InChI=1S/C28H38N4O3/c1-17(2)26-23-13-21(20-8-10-32(11-9-20)16-25(34)29-14-19(4)33)6-7-24(23)30-27(26)22-12-18(3)28(35)31(5)15-22/h6-7,12-13,15,17,19-20,30,33H,8-11,14,16H2,1-5H3,(H,29,34). The number of aliphatic hydroxyl groups is 1. The summed E-state index contributed by atoms with van der Waals surface area (Å²) in [5, 5.41) is 13.4. The first-order valence-corrected chi connectivity index (χ1v) is 12.6. The summed E-state index contributed by atoms with van der Waals surface area (Å²) in [7, 11) is 1.80. The molecule has 0 aliphatic carbocycles. The minimum absolute atomic E-state index is 0.0270. The number of fused-ring (bicyclic) bond motifs is 1. The van der Waals surface area contributed by atoms with E-state index in [0.29, 0.717) is 24.9 Å². The number of likely N-dealkylation sites (tertiary alicyclic amines) is 1. The van der Waals surface area contributed by atoms with Gasteiger partial charge < -0.3 is 20.0 Å². The fourth-order valence-electron chi connectivity index (χ4n) is 5.27. The van der Waals surface area contributed by atoms with Crippen LogP contribution < -0.4 is 10.9 Å². The molecule has 1 atom stereocenters. The highest BCUT2D eigenvalue weighted by Crippen LogP contribution is 2.38. The molecule has 188 valence electrons. The van der Waals surface area contributed by atoms with E-state index >= 15 is 0 Å². The van der Waals surface area contributed by atoms with Gasteiger partial charge in [0.1, 0.15) is 0 Å². The largest absolute Gasteiger partial charge is 0.392 e. The lowest BCUT2D eigenvalue weighted by Crippen LogP contribution is -2.42. The quantitative estimate of drug-likeness (QED) is 0.484. The van der Waals surface area contributed by atoms with Crippen molar-refractivity contribution in [3.63, 3.8) is 0 Å². The van der Waals surface area contributed by atoms with Crippen LogP contribution in [0.4, 0.5) is 0 Å². The number of aliphatic hydroxyl groups excluding tert-OH is 1. The van der Waals surface area contributed by atoms with E-state index < -0.39 is 6.10 Å². The zero-order valence-corrected chi connectivity index (χ0v) is 21.5. The van der Waals surface area contributed by atoms with Crippen molar-refractivity contribution in [1.82, 2.24) is 19.8 Å². The summed E-state index contributed by atoms with van der Waals surface area (Å²) in [6.07, 6.45) is 3.43. The third-order valence-corrected chi connectivity index (χ3v) is 7.11. The Balaban J connectivity index is 1.55. The Labute approximate surface area is 207 Å². The number of nitrogens with one attached hydrogen (secondary N) is 2. The molecule has 0 saturated carbocycles. The molecule has 7 nitrogen and oxygen atoms in total. The maximum absolute atomic E-state index is 12.2. The maximum Gasteiger partial charge on any atom is 0.253 e. The molecule has 0 bridgehead atoms. The highest BCUT2D eigenvalue weighted by atomic mass is 16.3. The predicted octanol–water partition coefficient (Wildman–Crippen LogP) is 3.64. The third kappa shape index (κ3) is 5.52. The summed E-state index contributed by atoms with van der Waals surface area (Å²) in [6.45, 7) is 10.4. The molecule has 1 saturated heterocycles. The van der Waals surface area contributed by atoms with Gasteiger partial charge in [0.05, 0.1) is 18.3 Å². The number of benzene rings is 1. The van der Waals surface area contributed by atoms with Crippen molar-refractivity contribution in [2.24, 2.45) is 7.05 Å². The van der Waals surface area contributed by atoms with Crippen LogP contribution in [0, 0.1) is 6.92 Å². The van der Waals surface area contributed by atoms with E-state index in [1.165, 1.54) is 16.5 Å². The van der Waals surface area contributed by atoms with Crippen molar-refractivity contribution in [1.29, 1.82) is 0 Å². The highest BCUT2D eigenvalue weighted by Gasteiger charge is 2.24. The minimum Gasteiger partial charge on any atom is -0.392 e. The molecular formula is C28H38N4O3. The molecular weight excluding hydrogens is 440 g/mol. The molecule has 0 spiro atoms. The van der Waals surface area contributed by atoms with E-state index in [-0.39, 0.29) is 11.5 Å². The smallest absolute Gasteiger partial charge is 0.253 e. The fourth-order valence-corrected chi connectivity index (χ4v) is 5.27. The summed E-state index contributed by atoms with van der Waals surface area (Å²) >= 11 is 0. The number of hydrogen-bond acceptors (Lipinski definition) is 4. The van der Waals surface area contributed by atoms with Crippen LogP contribution in [0.3, 0.4) is 0 Å². The predicted molar refractivity (Wildman–Crippen MR) is 141 cm³/mol. The summed E-state index contributed by atoms with van der Waals surface area (Å²) in [4.78, 5) is 30.2. The van der Waals surface area contributed by atoms with Gasteiger partial charge in [-0.1, -0.05) is 19.9 Å². The first-order chi connectivity index (χ1) is 16.6. The second-order valence-electron chi connectivity index (χ2n) is 10.4. The number of aromatic nitrogens is 2. The minimum atomic E-state index is -0.526. The summed E-state index contributed by atoms with van der Waals surface area (Å²) in [6, 6.07) is 8.74. The van der Waals surface area contributed by atoms with E-state index in [0.717, 1.165) is 48.3 Å². The molecule has 3 heterocycles. The number of nitrogens with zero attached hydrogens (tertiary/aromatic N) is 2. The third-order valence-electron chi connectivity index (χ3n) is 7.11. The fraction of sp³-hybridized carbons (Fsp3) is 0.500. The van der Waals surface area contributed by atoms with Crippen LogP contribution in [0.5, 0.6) is 0 Å². The maximum atomic E-state index is 12.2. The number of pyridine rings is 1.